The summed E-state index contributed by atoms with van der Waals surface area (Å²) in [5.74, 6) is 0.373. The molecule has 2 rings (SSSR count). The third-order valence-electron chi connectivity index (χ3n) is 2.73. The van der Waals surface area contributed by atoms with E-state index < -0.39 is 4.92 Å². The van der Waals surface area contributed by atoms with Crippen LogP contribution < -0.4 is 9.47 Å². The number of carbonyl (C=O) groups excluding carboxylic acids is 1. The van der Waals surface area contributed by atoms with Gasteiger partial charge in [-0.2, -0.15) is 0 Å². The minimum Gasteiger partial charge on any atom is -0.493 e. The number of Topliss-reactive ketones (excluding diaryl/α,β-unsaturated/α-hetero) is 1. The van der Waals surface area contributed by atoms with Gasteiger partial charge in [0.15, 0.2) is 18.1 Å². The van der Waals surface area contributed by atoms with Gasteiger partial charge in [-0.15, -0.1) is 11.3 Å². The molecule has 6 nitrogen and oxygen atoms in total. The molecule has 2 aromatic rings. The minimum atomic E-state index is -0.522. The Labute approximate surface area is 125 Å². The molecule has 0 amide bonds. The molecule has 1 heterocycles. The fourth-order valence-corrected chi connectivity index (χ4v) is 2.48. The van der Waals surface area contributed by atoms with Crippen LogP contribution in [0.2, 0.25) is 0 Å². The molecular formula is C14H13NO5S. The normalized spacial score (nSPS) is 10.2. The highest BCUT2D eigenvalue weighted by molar-refractivity contribution is 7.14. The molecule has 0 fully saturated rings. The summed E-state index contributed by atoms with van der Waals surface area (Å²) in [5, 5.41) is 10.7. The Bertz CT molecular complexity index is 680. The van der Waals surface area contributed by atoms with Crippen LogP contribution in [-0.4, -0.2) is 24.4 Å². The van der Waals surface area contributed by atoms with Gasteiger partial charge in [0.05, 0.1) is 23.0 Å². The summed E-state index contributed by atoms with van der Waals surface area (Å²) in [4.78, 5) is 23.8. The zero-order valence-corrected chi connectivity index (χ0v) is 12.3. The number of methoxy groups -OCH3 is 1. The Morgan fingerprint density at radius 2 is 2.05 bits per heavy atom. The van der Waals surface area contributed by atoms with E-state index in [1.54, 1.807) is 6.07 Å². The molecule has 0 spiro atoms. The van der Waals surface area contributed by atoms with Crippen LogP contribution in [0.15, 0.2) is 30.3 Å². The molecule has 0 atom stereocenters. The number of ether oxygens (including phenoxy) is 2. The SMILES string of the molecule is COc1cc([N+](=O)[O-])ccc1OCC(=O)c1ccc(C)s1. The van der Waals surface area contributed by atoms with Crippen molar-refractivity contribution in [2.24, 2.45) is 0 Å². The van der Waals surface area contributed by atoms with E-state index >= 15 is 0 Å². The van der Waals surface area contributed by atoms with Gasteiger partial charge in [-0.1, -0.05) is 0 Å². The summed E-state index contributed by atoms with van der Waals surface area (Å²) in [5.41, 5.74) is -0.0978. The topological polar surface area (TPSA) is 78.7 Å². The second-order valence-corrected chi connectivity index (χ2v) is 5.50. The number of rotatable bonds is 6. The number of thiophene rings is 1. The van der Waals surface area contributed by atoms with Crippen LogP contribution in [0, 0.1) is 17.0 Å². The molecule has 110 valence electrons. The molecule has 0 N–H and O–H groups in total. The first-order valence-corrected chi connectivity index (χ1v) is 6.88. The van der Waals surface area contributed by atoms with Gasteiger partial charge in [-0.3, -0.25) is 14.9 Å². The Hall–Kier alpha value is -2.41. The van der Waals surface area contributed by atoms with Crippen molar-refractivity contribution in [1.29, 1.82) is 0 Å². The number of carbonyl (C=O) groups is 1. The minimum absolute atomic E-state index is 0.0978. The molecule has 0 unspecified atom stereocenters. The third kappa shape index (κ3) is 3.57. The van der Waals surface area contributed by atoms with Gasteiger partial charge >= 0.3 is 0 Å². The predicted molar refractivity (Wildman–Crippen MR) is 78.5 cm³/mol. The lowest BCUT2D eigenvalue weighted by molar-refractivity contribution is -0.384. The number of aryl methyl sites for hydroxylation is 1. The average molecular weight is 307 g/mol. The van der Waals surface area contributed by atoms with Crippen LogP contribution in [0.4, 0.5) is 5.69 Å². The Morgan fingerprint density at radius 1 is 1.29 bits per heavy atom. The van der Waals surface area contributed by atoms with Crippen LogP contribution >= 0.6 is 11.3 Å². The van der Waals surface area contributed by atoms with Gasteiger partial charge in [0.25, 0.3) is 5.69 Å². The van der Waals surface area contributed by atoms with Crippen molar-refractivity contribution in [3.8, 4) is 11.5 Å². The number of ketones is 1. The second-order valence-electron chi connectivity index (χ2n) is 4.21. The maximum Gasteiger partial charge on any atom is 0.273 e. The predicted octanol–water partition coefficient (Wildman–Crippen LogP) is 3.24. The van der Waals surface area contributed by atoms with Crippen molar-refractivity contribution in [2.45, 2.75) is 6.92 Å². The summed E-state index contributed by atoms with van der Waals surface area (Å²) in [7, 11) is 1.39. The lowest BCUT2D eigenvalue weighted by Crippen LogP contribution is -2.10. The lowest BCUT2D eigenvalue weighted by atomic mass is 10.3. The van der Waals surface area contributed by atoms with E-state index in [-0.39, 0.29) is 23.8 Å². The number of hydrogen-bond donors (Lipinski definition) is 0. The fraction of sp³-hybridized carbons (Fsp3) is 0.214. The van der Waals surface area contributed by atoms with Crippen LogP contribution in [-0.2, 0) is 0 Å². The molecule has 0 saturated carbocycles. The van der Waals surface area contributed by atoms with Crippen molar-refractivity contribution in [3.05, 3.63) is 50.2 Å². The van der Waals surface area contributed by atoms with E-state index in [4.69, 9.17) is 9.47 Å². The largest absolute Gasteiger partial charge is 0.493 e. The monoisotopic (exact) mass is 307 g/mol. The van der Waals surface area contributed by atoms with Crippen LogP contribution in [0.25, 0.3) is 0 Å². The van der Waals surface area contributed by atoms with Crippen molar-refractivity contribution in [2.75, 3.05) is 13.7 Å². The average Bonchev–Trinajstić information content (AvgIpc) is 2.91. The number of nitro benzene ring substituents is 1. The molecule has 1 aromatic heterocycles. The molecule has 0 aliphatic carbocycles. The van der Waals surface area contributed by atoms with Gasteiger partial charge in [0.2, 0.25) is 5.78 Å². The first kappa shape index (κ1) is 15.0. The Balaban J connectivity index is 2.09. The van der Waals surface area contributed by atoms with Crippen LogP contribution in [0.5, 0.6) is 11.5 Å². The molecule has 0 radical (unpaired) electrons. The van der Waals surface area contributed by atoms with Gasteiger partial charge in [0.1, 0.15) is 0 Å². The van der Waals surface area contributed by atoms with Gasteiger partial charge in [-0.05, 0) is 25.1 Å². The zero-order chi connectivity index (χ0) is 15.4. The molecule has 21 heavy (non-hydrogen) atoms. The molecule has 1 aromatic carbocycles. The van der Waals surface area contributed by atoms with Crippen LogP contribution in [0.1, 0.15) is 14.5 Å². The number of nitro groups is 1. The summed E-state index contributed by atoms with van der Waals surface area (Å²) >= 11 is 1.40. The quantitative estimate of drug-likeness (QED) is 0.465. The number of hydrogen-bond acceptors (Lipinski definition) is 6. The summed E-state index contributed by atoms with van der Waals surface area (Å²) in [6, 6.07) is 7.60. The Kier molecular flexibility index (Phi) is 4.54. The summed E-state index contributed by atoms with van der Waals surface area (Å²) < 4.78 is 10.4. The van der Waals surface area contributed by atoms with Gasteiger partial charge in [0, 0.05) is 10.9 Å². The van der Waals surface area contributed by atoms with E-state index in [1.165, 1.54) is 36.6 Å². The van der Waals surface area contributed by atoms with E-state index in [9.17, 15) is 14.9 Å². The molecule has 0 aliphatic rings. The van der Waals surface area contributed by atoms with Gasteiger partial charge in [-0.25, -0.2) is 0 Å². The molecule has 7 heteroatoms. The van der Waals surface area contributed by atoms with Crippen molar-refractivity contribution >= 4 is 22.8 Å². The maximum atomic E-state index is 11.9. The smallest absolute Gasteiger partial charge is 0.273 e. The van der Waals surface area contributed by atoms with Crippen molar-refractivity contribution < 1.29 is 19.2 Å². The van der Waals surface area contributed by atoms with Crippen molar-refractivity contribution in [3.63, 3.8) is 0 Å². The lowest BCUT2D eigenvalue weighted by Gasteiger charge is -2.09. The second kappa shape index (κ2) is 6.36. The first-order chi connectivity index (χ1) is 10.0. The van der Waals surface area contributed by atoms with E-state index in [1.807, 2.05) is 13.0 Å². The maximum absolute atomic E-state index is 11.9. The molecule has 0 aliphatic heterocycles. The zero-order valence-electron chi connectivity index (χ0n) is 11.5. The van der Waals surface area contributed by atoms with E-state index in [2.05, 4.69) is 0 Å². The standard InChI is InChI=1S/C14H13NO5S/c1-9-3-6-14(21-9)11(16)8-20-12-5-4-10(15(17)18)7-13(12)19-2/h3-7H,8H2,1-2H3. The number of benzene rings is 1. The highest BCUT2D eigenvalue weighted by atomic mass is 32.1. The highest BCUT2D eigenvalue weighted by Gasteiger charge is 2.14. The van der Waals surface area contributed by atoms with Gasteiger partial charge < -0.3 is 9.47 Å². The number of non-ortho nitro benzene ring substituents is 1. The van der Waals surface area contributed by atoms with Crippen LogP contribution in [0.3, 0.4) is 0 Å². The Morgan fingerprint density at radius 3 is 2.62 bits per heavy atom. The first-order valence-electron chi connectivity index (χ1n) is 6.06. The summed E-state index contributed by atoms with van der Waals surface area (Å²) in [6.45, 7) is 1.77. The van der Waals surface area contributed by atoms with E-state index in [0.29, 0.717) is 10.6 Å². The molecular weight excluding hydrogens is 294 g/mol. The highest BCUT2D eigenvalue weighted by Crippen LogP contribution is 2.31. The third-order valence-corrected chi connectivity index (χ3v) is 3.77. The summed E-state index contributed by atoms with van der Waals surface area (Å²) in [6.07, 6.45) is 0. The molecule has 0 saturated heterocycles. The van der Waals surface area contributed by atoms with Crippen molar-refractivity contribution in [1.82, 2.24) is 0 Å². The number of nitrogens with zero attached hydrogens (tertiary/aromatic N) is 1. The fourth-order valence-electron chi connectivity index (χ4n) is 1.69. The van der Waals surface area contributed by atoms with E-state index in [0.717, 1.165) is 4.88 Å². The molecule has 0 bridgehead atoms.